The lowest BCUT2D eigenvalue weighted by Crippen LogP contribution is -1.94. The van der Waals surface area contributed by atoms with Crippen LogP contribution in [-0.4, -0.2) is 17.4 Å². The number of rotatable bonds is 5. The van der Waals surface area contributed by atoms with Crippen LogP contribution in [0.2, 0.25) is 0 Å². The van der Waals surface area contributed by atoms with E-state index in [1.54, 1.807) is 19.1 Å². The average Bonchev–Trinajstić information content (AvgIpc) is 2.92. The van der Waals surface area contributed by atoms with Crippen LogP contribution >= 0.6 is 23.5 Å². The topological polar surface area (TPSA) is 31.2 Å². The van der Waals surface area contributed by atoms with Gasteiger partial charge in [-0.25, -0.2) is 0 Å². The van der Waals surface area contributed by atoms with Crippen LogP contribution in [0, 0.1) is 6.92 Å². The van der Waals surface area contributed by atoms with E-state index in [0.29, 0.717) is 17.2 Å². The van der Waals surface area contributed by atoms with Gasteiger partial charge < -0.3 is 4.74 Å². The summed E-state index contributed by atoms with van der Waals surface area (Å²) in [6.45, 7) is 2.06. The smallest absolute Gasteiger partial charge is 0.153 e. The van der Waals surface area contributed by atoms with E-state index in [1.807, 2.05) is 18.2 Å². The molecule has 3 aromatic rings. The van der Waals surface area contributed by atoms with Gasteiger partial charge in [-0.15, -0.1) is 11.6 Å². The van der Waals surface area contributed by atoms with E-state index < -0.39 is 0 Å². The van der Waals surface area contributed by atoms with Crippen molar-refractivity contribution < 1.29 is 9.53 Å². The number of aromatic nitrogens is 1. The standard InChI is InChI=1S/C18H16ClNO2S/c1-12-3-5-16(6-4-12)23-20-15(10-19)8-13-7-14(11-21)18(22-2)9-17(13)20/h3-9,11H,10H2,1-2H3. The zero-order valence-electron chi connectivity index (χ0n) is 12.9. The molecule has 5 heteroatoms. The molecule has 1 heterocycles. The Morgan fingerprint density at radius 3 is 2.57 bits per heavy atom. The molecule has 0 atom stereocenters. The highest BCUT2D eigenvalue weighted by molar-refractivity contribution is 7.98. The van der Waals surface area contributed by atoms with Crippen molar-refractivity contribution in [2.45, 2.75) is 17.7 Å². The predicted octanol–water partition coefficient (Wildman–Crippen LogP) is 5.07. The Morgan fingerprint density at radius 2 is 1.96 bits per heavy atom. The van der Waals surface area contributed by atoms with E-state index >= 15 is 0 Å². The molecule has 0 saturated heterocycles. The largest absolute Gasteiger partial charge is 0.496 e. The first-order valence-electron chi connectivity index (χ1n) is 7.14. The molecule has 0 bridgehead atoms. The van der Waals surface area contributed by atoms with Crippen LogP contribution in [0.4, 0.5) is 0 Å². The van der Waals surface area contributed by atoms with Gasteiger partial charge in [0.25, 0.3) is 0 Å². The maximum atomic E-state index is 11.2. The minimum atomic E-state index is 0.395. The monoisotopic (exact) mass is 345 g/mol. The van der Waals surface area contributed by atoms with Gasteiger partial charge in [-0.3, -0.25) is 8.77 Å². The highest BCUT2D eigenvalue weighted by atomic mass is 35.5. The molecule has 3 nitrogen and oxygen atoms in total. The molecule has 23 heavy (non-hydrogen) atoms. The van der Waals surface area contributed by atoms with Crippen molar-refractivity contribution in [2.24, 2.45) is 0 Å². The lowest BCUT2D eigenvalue weighted by molar-refractivity contribution is 0.112. The Hall–Kier alpha value is -1.91. The normalized spacial score (nSPS) is 10.9. The van der Waals surface area contributed by atoms with E-state index in [-0.39, 0.29) is 0 Å². The van der Waals surface area contributed by atoms with E-state index in [9.17, 15) is 4.79 Å². The first-order valence-corrected chi connectivity index (χ1v) is 8.45. The number of hydrogen-bond donors (Lipinski definition) is 0. The predicted molar refractivity (Wildman–Crippen MR) is 95.9 cm³/mol. The lowest BCUT2D eigenvalue weighted by atomic mass is 10.1. The Morgan fingerprint density at radius 1 is 1.22 bits per heavy atom. The Labute approximate surface area is 144 Å². The molecule has 0 aliphatic rings. The molecule has 2 aromatic carbocycles. The van der Waals surface area contributed by atoms with Gasteiger partial charge in [-0.05, 0) is 43.1 Å². The van der Waals surface area contributed by atoms with Gasteiger partial charge in [0.15, 0.2) is 6.29 Å². The Bertz CT molecular complexity index is 856. The highest BCUT2D eigenvalue weighted by Gasteiger charge is 2.13. The lowest BCUT2D eigenvalue weighted by Gasteiger charge is -2.10. The first kappa shape index (κ1) is 16.0. The summed E-state index contributed by atoms with van der Waals surface area (Å²) in [6.07, 6.45) is 0.809. The summed E-state index contributed by atoms with van der Waals surface area (Å²) in [7, 11) is 1.57. The second-order valence-corrected chi connectivity index (χ2v) is 6.53. The van der Waals surface area contributed by atoms with Gasteiger partial charge in [0.05, 0.1) is 24.1 Å². The van der Waals surface area contributed by atoms with Crippen molar-refractivity contribution >= 4 is 40.7 Å². The summed E-state index contributed by atoms with van der Waals surface area (Å²) >= 11 is 7.71. The summed E-state index contributed by atoms with van der Waals surface area (Å²) in [5.41, 5.74) is 3.73. The fourth-order valence-electron chi connectivity index (χ4n) is 2.46. The second-order valence-electron chi connectivity index (χ2n) is 5.24. The quantitative estimate of drug-likeness (QED) is 0.478. The van der Waals surface area contributed by atoms with Crippen LogP contribution in [0.1, 0.15) is 21.6 Å². The van der Waals surface area contributed by atoms with Crippen molar-refractivity contribution in [1.82, 2.24) is 3.97 Å². The second kappa shape index (κ2) is 6.69. The summed E-state index contributed by atoms with van der Waals surface area (Å²) < 4.78 is 7.41. The van der Waals surface area contributed by atoms with Crippen molar-refractivity contribution in [2.75, 3.05) is 7.11 Å². The summed E-state index contributed by atoms with van der Waals surface area (Å²) in [4.78, 5) is 12.3. The van der Waals surface area contributed by atoms with Gasteiger partial charge >= 0.3 is 0 Å². The van der Waals surface area contributed by atoms with Crippen LogP contribution in [0.5, 0.6) is 5.75 Å². The molecule has 0 fully saturated rings. The van der Waals surface area contributed by atoms with Crippen molar-refractivity contribution in [3.63, 3.8) is 0 Å². The molecule has 0 radical (unpaired) electrons. The van der Waals surface area contributed by atoms with Gasteiger partial charge in [0.1, 0.15) is 5.75 Å². The van der Waals surface area contributed by atoms with E-state index in [4.69, 9.17) is 16.3 Å². The molecule has 0 unspecified atom stereocenters. The minimum Gasteiger partial charge on any atom is -0.496 e. The number of ether oxygens (including phenoxy) is 1. The third-order valence-corrected chi connectivity index (χ3v) is 5.03. The molecule has 118 valence electrons. The first-order chi connectivity index (χ1) is 11.2. The number of carbonyl (C=O) groups is 1. The summed E-state index contributed by atoms with van der Waals surface area (Å²) in [5.74, 6) is 0.962. The zero-order chi connectivity index (χ0) is 16.4. The van der Waals surface area contributed by atoms with Crippen LogP contribution < -0.4 is 4.74 Å². The molecule has 0 aliphatic carbocycles. The number of aryl methyl sites for hydroxylation is 1. The number of carbonyl (C=O) groups excluding carboxylic acids is 1. The molecule has 0 N–H and O–H groups in total. The Balaban J connectivity index is 2.13. The van der Waals surface area contributed by atoms with Gasteiger partial charge in [0, 0.05) is 22.0 Å². The molecule has 1 aromatic heterocycles. The third-order valence-electron chi connectivity index (χ3n) is 3.66. The van der Waals surface area contributed by atoms with Crippen molar-refractivity contribution in [3.05, 3.63) is 59.3 Å². The molecule has 0 aliphatic heterocycles. The molecular weight excluding hydrogens is 330 g/mol. The maximum absolute atomic E-state index is 11.2. The zero-order valence-corrected chi connectivity index (χ0v) is 14.4. The molecule has 0 saturated carbocycles. The van der Waals surface area contributed by atoms with Gasteiger partial charge in [0.2, 0.25) is 0 Å². The highest BCUT2D eigenvalue weighted by Crippen LogP contribution is 2.34. The van der Waals surface area contributed by atoms with Gasteiger partial charge in [-0.1, -0.05) is 17.7 Å². The van der Waals surface area contributed by atoms with Crippen molar-refractivity contribution in [3.8, 4) is 5.75 Å². The van der Waals surface area contributed by atoms with Crippen molar-refractivity contribution in [1.29, 1.82) is 0 Å². The molecule has 3 rings (SSSR count). The maximum Gasteiger partial charge on any atom is 0.153 e. The average molecular weight is 346 g/mol. The number of halogens is 1. The molecule has 0 amide bonds. The number of benzene rings is 2. The number of alkyl halides is 1. The SMILES string of the molecule is COc1cc2c(cc1C=O)cc(CCl)n2Sc1ccc(C)cc1. The third kappa shape index (κ3) is 3.09. The number of nitrogens with zero attached hydrogens (tertiary/aromatic N) is 1. The number of fused-ring (bicyclic) bond motifs is 1. The fourth-order valence-corrected chi connectivity index (χ4v) is 3.69. The number of methoxy groups -OCH3 is 1. The van der Waals surface area contributed by atoms with Crippen LogP contribution in [0.25, 0.3) is 10.9 Å². The van der Waals surface area contributed by atoms with Crippen LogP contribution in [-0.2, 0) is 5.88 Å². The fraction of sp³-hybridized carbons (Fsp3) is 0.167. The summed E-state index contributed by atoms with van der Waals surface area (Å²) in [6, 6.07) is 14.1. The van der Waals surface area contributed by atoms with Crippen LogP contribution in [0.3, 0.4) is 0 Å². The van der Waals surface area contributed by atoms with E-state index in [0.717, 1.165) is 27.8 Å². The molecular formula is C18H16ClNO2S. The minimum absolute atomic E-state index is 0.395. The number of hydrogen-bond acceptors (Lipinski definition) is 3. The number of aldehydes is 1. The Kier molecular flexibility index (Phi) is 4.64. The van der Waals surface area contributed by atoms with E-state index in [2.05, 4.69) is 35.2 Å². The van der Waals surface area contributed by atoms with E-state index in [1.165, 1.54) is 5.56 Å². The van der Waals surface area contributed by atoms with Gasteiger partial charge in [-0.2, -0.15) is 0 Å². The van der Waals surface area contributed by atoms with Crippen LogP contribution in [0.15, 0.2) is 47.4 Å². The summed E-state index contributed by atoms with van der Waals surface area (Å²) in [5, 5.41) is 0.975. The molecule has 0 spiro atoms.